The monoisotopic (exact) mass is 417 g/mol. The van der Waals surface area contributed by atoms with Crippen LogP contribution in [0.25, 0.3) is 0 Å². The van der Waals surface area contributed by atoms with E-state index in [-0.39, 0.29) is 1.43 Å². The Labute approximate surface area is 183 Å². The lowest BCUT2D eigenvalue weighted by Crippen LogP contribution is -2.46. The molecule has 0 radical (unpaired) electrons. The Bertz CT molecular complexity index is 1030. The Hall–Kier alpha value is -4.05. The molecule has 1 aliphatic rings. The highest BCUT2D eigenvalue weighted by atomic mass is 16.5. The number of aromatic nitrogens is 1. The number of nitrogen functional groups attached to an aromatic ring is 1. The molecule has 0 saturated carbocycles. The van der Waals surface area contributed by atoms with Gasteiger partial charge in [-0.25, -0.2) is 4.98 Å². The van der Waals surface area contributed by atoms with E-state index < -0.39 is 0 Å². The molecule has 0 amide bonds. The van der Waals surface area contributed by atoms with Gasteiger partial charge in [-0.3, -0.25) is 4.79 Å². The summed E-state index contributed by atoms with van der Waals surface area (Å²) in [6, 6.07) is 23.0. The zero-order chi connectivity index (χ0) is 22.1. The largest absolute Gasteiger partial charge is 0.481 e. The molecule has 1 aromatic heterocycles. The third-order valence-electron chi connectivity index (χ3n) is 4.97. The summed E-state index contributed by atoms with van der Waals surface area (Å²) in [6.45, 7) is 3.94. The molecule has 4 rings (SSSR count). The zero-order valence-electron chi connectivity index (χ0n) is 17.4. The summed E-state index contributed by atoms with van der Waals surface area (Å²) in [5.41, 5.74) is 10.0. The Kier molecular flexibility index (Phi) is 7.44. The van der Waals surface area contributed by atoms with Crippen LogP contribution in [0.15, 0.2) is 66.7 Å². The van der Waals surface area contributed by atoms with E-state index in [0.717, 1.165) is 31.9 Å². The first kappa shape index (κ1) is 21.7. The first-order valence-corrected chi connectivity index (χ1v) is 9.95. The number of nitriles is 1. The normalized spacial score (nSPS) is 12.9. The number of hydrogen-bond acceptors (Lipinski definition) is 7. The number of piperazine rings is 1. The van der Waals surface area contributed by atoms with E-state index in [1.165, 1.54) is 18.5 Å². The van der Waals surface area contributed by atoms with Gasteiger partial charge in [-0.1, -0.05) is 6.07 Å². The molecule has 1 fully saturated rings. The molecule has 31 heavy (non-hydrogen) atoms. The quantitative estimate of drug-likeness (QED) is 0.512. The van der Waals surface area contributed by atoms with Crippen LogP contribution in [0.3, 0.4) is 0 Å². The number of rotatable bonds is 4. The molecule has 2 aromatic carbocycles. The second-order valence-electron chi connectivity index (χ2n) is 6.95. The van der Waals surface area contributed by atoms with Gasteiger partial charge in [0.1, 0.15) is 5.69 Å². The highest BCUT2D eigenvalue weighted by Crippen LogP contribution is 2.21. The van der Waals surface area contributed by atoms with Crippen molar-refractivity contribution in [3.63, 3.8) is 0 Å². The Morgan fingerprint density at radius 2 is 1.52 bits per heavy atom. The van der Waals surface area contributed by atoms with Crippen molar-refractivity contribution in [1.29, 1.82) is 5.26 Å². The number of anilines is 3. The summed E-state index contributed by atoms with van der Waals surface area (Å²) in [4.78, 5) is 18.7. The molecule has 3 aromatic rings. The van der Waals surface area contributed by atoms with E-state index in [2.05, 4.69) is 33.0 Å². The first-order chi connectivity index (χ1) is 15.1. The summed E-state index contributed by atoms with van der Waals surface area (Å²) in [5.74, 6) is 0.463. The number of carbonyl (C=O) groups is 1. The number of benzene rings is 2. The smallest absolute Gasteiger partial charge is 0.213 e. The highest BCUT2D eigenvalue weighted by molar-refractivity contribution is 5.71. The molecule has 1 aliphatic heterocycles. The topological polar surface area (TPSA) is 95.5 Å². The molecule has 0 atom stereocenters. The Morgan fingerprint density at radius 1 is 0.968 bits per heavy atom. The number of ether oxygens (including phenoxy) is 1. The van der Waals surface area contributed by atoms with Crippen molar-refractivity contribution in [3.05, 3.63) is 78.0 Å². The van der Waals surface area contributed by atoms with Crippen molar-refractivity contribution in [2.75, 3.05) is 48.8 Å². The van der Waals surface area contributed by atoms with Crippen LogP contribution in [0, 0.1) is 11.3 Å². The SMILES string of the molecule is COc1cccc(C=O)n1.N#Cc1ccc(N2CCN(c3ccc(N)cc3)CC2)cc1.[HH]. The second-order valence-corrected chi connectivity index (χ2v) is 6.95. The number of nitrogens with zero attached hydrogens (tertiary/aromatic N) is 4. The maximum absolute atomic E-state index is 10.2. The number of aldehydes is 1. The summed E-state index contributed by atoms with van der Waals surface area (Å²) in [6.07, 6.45) is 0.683. The molecule has 7 nitrogen and oxygen atoms in total. The fraction of sp³-hybridized carbons (Fsp3) is 0.208. The Balaban J connectivity index is 0.000000280. The van der Waals surface area contributed by atoms with Crippen LogP contribution in [0.1, 0.15) is 17.5 Å². The molecular weight excluding hydrogens is 390 g/mol. The average Bonchev–Trinajstić information content (AvgIpc) is 2.85. The van der Waals surface area contributed by atoms with Gasteiger partial charge in [-0.05, 0) is 54.6 Å². The summed E-state index contributed by atoms with van der Waals surface area (Å²) in [7, 11) is 1.51. The van der Waals surface area contributed by atoms with E-state index in [9.17, 15) is 4.79 Å². The second kappa shape index (κ2) is 10.6. The zero-order valence-corrected chi connectivity index (χ0v) is 17.4. The third kappa shape index (κ3) is 5.97. The van der Waals surface area contributed by atoms with Crippen LogP contribution >= 0.6 is 0 Å². The van der Waals surface area contributed by atoms with E-state index in [0.29, 0.717) is 23.4 Å². The van der Waals surface area contributed by atoms with Crippen molar-refractivity contribution in [1.82, 2.24) is 4.98 Å². The predicted molar refractivity (Wildman–Crippen MR) is 125 cm³/mol. The van der Waals surface area contributed by atoms with Gasteiger partial charge in [0, 0.05) is 50.7 Å². The van der Waals surface area contributed by atoms with Crippen molar-refractivity contribution in [2.24, 2.45) is 0 Å². The number of nitrogens with two attached hydrogens (primary N) is 1. The summed E-state index contributed by atoms with van der Waals surface area (Å²) in [5, 5.41) is 8.84. The van der Waals surface area contributed by atoms with Crippen LogP contribution in [0.5, 0.6) is 5.88 Å². The molecule has 0 spiro atoms. The van der Waals surface area contributed by atoms with Gasteiger partial charge in [0.05, 0.1) is 18.7 Å². The summed E-state index contributed by atoms with van der Waals surface area (Å²) < 4.78 is 4.79. The molecule has 2 heterocycles. The molecule has 160 valence electrons. The van der Waals surface area contributed by atoms with E-state index in [4.69, 9.17) is 15.7 Å². The predicted octanol–water partition coefficient (Wildman–Crippen LogP) is 3.62. The van der Waals surface area contributed by atoms with Gasteiger partial charge in [0.25, 0.3) is 0 Å². The molecule has 7 heteroatoms. The van der Waals surface area contributed by atoms with Crippen molar-refractivity contribution in [3.8, 4) is 11.9 Å². The van der Waals surface area contributed by atoms with E-state index in [1.54, 1.807) is 18.2 Å². The number of hydrogen-bond donors (Lipinski definition) is 1. The van der Waals surface area contributed by atoms with Crippen LogP contribution in [-0.2, 0) is 0 Å². The van der Waals surface area contributed by atoms with Crippen molar-refractivity contribution < 1.29 is 11.0 Å². The minimum atomic E-state index is 0. The molecule has 0 unspecified atom stereocenters. The minimum absolute atomic E-state index is 0. The molecule has 0 bridgehead atoms. The van der Waals surface area contributed by atoms with Gasteiger partial charge >= 0.3 is 0 Å². The number of methoxy groups -OCH3 is 1. The van der Waals surface area contributed by atoms with Gasteiger partial charge in [-0.15, -0.1) is 0 Å². The van der Waals surface area contributed by atoms with Crippen LogP contribution < -0.4 is 20.3 Å². The van der Waals surface area contributed by atoms with Crippen molar-refractivity contribution >= 4 is 23.3 Å². The maximum atomic E-state index is 10.2. The lowest BCUT2D eigenvalue weighted by molar-refractivity contribution is 0.111. The molecular formula is C24H27N5O2. The van der Waals surface area contributed by atoms with Gasteiger partial charge in [-0.2, -0.15) is 5.26 Å². The lowest BCUT2D eigenvalue weighted by Gasteiger charge is -2.37. The Morgan fingerprint density at radius 3 is 2.00 bits per heavy atom. The fourth-order valence-corrected chi connectivity index (χ4v) is 3.26. The first-order valence-electron chi connectivity index (χ1n) is 9.95. The molecule has 1 saturated heterocycles. The number of carbonyl (C=O) groups excluding carboxylic acids is 1. The number of pyridine rings is 1. The minimum Gasteiger partial charge on any atom is -0.481 e. The van der Waals surface area contributed by atoms with Gasteiger partial charge in [0.2, 0.25) is 5.88 Å². The standard InChI is InChI=1S/C17H18N4.C7H7NO2.H2/c18-13-14-1-5-16(6-2-14)20-9-11-21(12-10-20)17-7-3-15(19)4-8-17;1-10-7-4-2-3-6(5-9)8-7;/h1-8H,9-12,19H2;2-5H,1H3;1H. The summed E-state index contributed by atoms with van der Waals surface area (Å²) >= 11 is 0. The molecule has 2 N–H and O–H groups in total. The van der Waals surface area contributed by atoms with Crippen LogP contribution in [0.2, 0.25) is 0 Å². The van der Waals surface area contributed by atoms with Crippen molar-refractivity contribution in [2.45, 2.75) is 0 Å². The molecule has 0 aliphatic carbocycles. The van der Waals surface area contributed by atoms with Gasteiger partial charge in [0.15, 0.2) is 6.29 Å². The van der Waals surface area contributed by atoms with E-state index >= 15 is 0 Å². The maximum Gasteiger partial charge on any atom is 0.213 e. The van der Waals surface area contributed by atoms with Crippen LogP contribution in [0.4, 0.5) is 17.1 Å². The van der Waals surface area contributed by atoms with Gasteiger partial charge < -0.3 is 20.3 Å². The fourth-order valence-electron chi connectivity index (χ4n) is 3.26. The highest BCUT2D eigenvalue weighted by Gasteiger charge is 2.17. The average molecular weight is 418 g/mol. The lowest BCUT2D eigenvalue weighted by atomic mass is 10.2. The third-order valence-corrected chi connectivity index (χ3v) is 4.97. The van der Waals surface area contributed by atoms with Crippen LogP contribution in [-0.4, -0.2) is 44.6 Å². The van der Waals surface area contributed by atoms with E-state index in [1.807, 2.05) is 36.4 Å².